The molecule has 0 aromatic heterocycles. The number of nitro groups is 1. The third-order valence-corrected chi connectivity index (χ3v) is 1.85. The molecule has 0 bridgehead atoms. The molecule has 16 heavy (non-hydrogen) atoms. The summed E-state index contributed by atoms with van der Waals surface area (Å²) >= 11 is 0. The van der Waals surface area contributed by atoms with Crippen LogP contribution in [-0.2, 0) is 12.7 Å². The van der Waals surface area contributed by atoms with E-state index in [-0.39, 0.29) is 12.1 Å². The van der Waals surface area contributed by atoms with Gasteiger partial charge in [-0.05, 0) is 11.6 Å². The zero-order valence-corrected chi connectivity index (χ0v) is 7.71. The van der Waals surface area contributed by atoms with E-state index in [0.717, 1.165) is 0 Å². The van der Waals surface area contributed by atoms with E-state index in [0.29, 0.717) is 12.1 Å². The van der Waals surface area contributed by atoms with Gasteiger partial charge in [-0.15, -0.1) is 0 Å². The van der Waals surface area contributed by atoms with Crippen molar-refractivity contribution in [3.63, 3.8) is 0 Å². The molecule has 0 spiro atoms. The average Bonchev–Trinajstić information content (AvgIpc) is 2.14. The van der Waals surface area contributed by atoms with Gasteiger partial charge in [-0.25, -0.2) is 4.39 Å². The van der Waals surface area contributed by atoms with Gasteiger partial charge in [-0.2, -0.15) is 13.2 Å². The highest BCUT2D eigenvalue weighted by Gasteiger charge is 2.41. The molecule has 1 rings (SSSR count). The normalized spacial score (nSPS) is 11.6. The van der Waals surface area contributed by atoms with Crippen molar-refractivity contribution in [2.75, 3.05) is 0 Å². The largest absolute Gasteiger partial charge is 0.425 e. The maximum absolute atomic E-state index is 13.1. The highest BCUT2D eigenvalue weighted by Crippen LogP contribution is 2.38. The van der Waals surface area contributed by atoms with E-state index in [1.54, 1.807) is 0 Å². The molecule has 0 aliphatic heterocycles. The molecule has 0 radical (unpaired) electrons. The predicted octanol–water partition coefficient (Wildman–Crippen LogP) is 2.21. The molecule has 88 valence electrons. The molecule has 0 aliphatic carbocycles. The Morgan fingerprint density at radius 1 is 1.38 bits per heavy atom. The number of halogens is 4. The summed E-state index contributed by atoms with van der Waals surface area (Å²) in [6, 6.07) is 1.15. The van der Waals surface area contributed by atoms with Crippen molar-refractivity contribution < 1.29 is 22.5 Å². The average molecular weight is 238 g/mol. The van der Waals surface area contributed by atoms with Crippen LogP contribution in [0.25, 0.3) is 0 Å². The standard InChI is InChI=1S/C8H6F4N2O2/c9-5-1-4(3-13)2-6(14(15)16)7(5)8(10,11)12/h1-2H,3,13H2. The van der Waals surface area contributed by atoms with Crippen molar-refractivity contribution in [1.29, 1.82) is 0 Å². The predicted molar refractivity (Wildman–Crippen MR) is 45.9 cm³/mol. The molecule has 0 amide bonds. The number of alkyl halides is 3. The van der Waals surface area contributed by atoms with Crippen LogP contribution in [0.1, 0.15) is 11.1 Å². The molecule has 0 atom stereocenters. The van der Waals surface area contributed by atoms with E-state index in [1.165, 1.54) is 0 Å². The van der Waals surface area contributed by atoms with Gasteiger partial charge >= 0.3 is 6.18 Å². The Labute approximate surface area is 86.8 Å². The van der Waals surface area contributed by atoms with Crippen LogP contribution < -0.4 is 5.73 Å². The fraction of sp³-hybridized carbons (Fsp3) is 0.250. The lowest BCUT2D eigenvalue weighted by Gasteiger charge is -2.09. The number of nitro benzene ring substituents is 1. The zero-order chi connectivity index (χ0) is 12.5. The summed E-state index contributed by atoms with van der Waals surface area (Å²) in [5.74, 6) is -1.69. The van der Waals surface area contributed by atoms with E-state index in [2.05, 4.69) is 0 Å². The fourth-order valence-electron chi connectivity index (χ4n) is 1.19. The van der Waals surface area contributed by atoms with Crippen LogP contribution in [0.3, 0.4) is 0 Å². The minimum Gasteiger partial charge on any atom is -0.326 e. The third-order valence-electron chi connectivity index (χ3n) is 1.85. The monoisotopic (exact) mass is 238 g/mol. The first-order chi connectivity index (χ1) is 7.27. The number of nitrogens with zero attached hydrogens (tertiary/aromatic N) is 1. The van der Waals surface area contributed by atoms with Crippen LogP contribution >= 0.6 is 0 Å². The Balaban J connectivity index is 3.53. The van der Waals surface area contributed by atoms with Crippen molar-refractivity contribution in [3.05, 3.63) is 39.2 Å². The van der Waals surface area contributed by atoms with Crippen LogP contribution in [0, 0.1) is 15.9 Å². The third kappa shape index (κ3) is 2.27. The van der Waals surface area contributed by atoms with Gasteiger partial charge in [-0.1, -0.05) is 0 Å². The summed E-state index contributed by atoms with van der Waals surface area (Å²) in [5, 5.41) is 10.4. The smallest absolute Gasteiger partial charge is 0.326 e. The second kappa shape index (κ2) is 4.05. The molecule has 0 unspecified atom stereocenters. The van der Waals surface area contributed by atoms with E-state index >= 15 is 0 Å². The Bertz CT molecular complexity index is 431. The summed E-state index contributed by atoms with van der Waals surface area (Å²) in [4.78, 5) is 9.10. The quantitative estimate of drug-likeness (QED) is 0.487. The van der Waals surface area contributed by atoms with Gasteiger partial charge in [0.05, 0.1) is 4.92 Å². The first kappa shape index (κ1) is 12.4. The number of hydrogen-bond acceptors (Lipinski definition) is 3. The number of hydrogen-bond donors (Lipinski definition) is 1. The highest BCUT2D eigenvalue weighted by atomic mass is 19.4. The second-order valence-corrected chi connectivity index (χ2v) is 2.93. The van der Waals surface area contributed by atoms with Gasteiger partial charge < -0.3 is 5.73 Å². The summed E-state index contributed by atoms with van der Waals surface area (Å²) in [6.45, 7) is -0.282. The molecule has 8 heteroatoms. The minimum absolute atomic E-state index is 0.0720. The van der Waals surface area contributed by atoms with Gasteiger partial charge in [0, 0.05) is 12.6 Å². The van der Waals surface area contributed by atoms with E-state index in [4.69, 9.17) is 5.73 Å². The van der Waals surface area contributed by atoms with Gasteiger partial charge in [0.2, 0.25) is 0 Å². The van der Waals surface area contributed by atoms with Crippen LogP contribution in [0.2, 0.25) is 0 Å². The van der Waals surface area contributed by atoms with Gasteiger partial charge in [-0.3, -0.25) is 10.1 Å². The maximum Gasteiger partial charge on any atom is 0.425 e. The van der Waals surface area contributed by atoms with E-state index in [9.17, 15) is 27.7 Å². The SMILES string of the molecule is NCc1cc(F)c(C(F)(F)F)c([N+](=O)[O-])c1. The van der Waals surface area contributed by atoms with Crippen LogP contribution in [0.15, 0.2) is 12.1 Å². The highest BCUT2D eigenvalue weighted by molar-refractivity contribution is 5.46. The molecule has 0 saturated heterocycles. The minimum atomic E-state index is -5.11. The van der Waals surface area contributed by atoms with Crippen molar-refractivity contribution in [3.8, 4) is 0 Å². The van der Waals surface area contributed by atoms with Crippen molar-refractivity contribution in [2.45, 2.75) is 12.7 Å². The van der Waals surface area contributed by atoms with Gasteiger partial charge in [0.1, 0.15) is 5.82 Å². The lowest BCUT2D eigenvalue weighted by molar-refractivity contribution is -0.388. The van der Waals surface area contributed by atoms with Crippen molar-refractivity contribution in [1.82, 2.24) is 0 Å². The molecular weight excluding hydrogens is 232 g/mol. The molecule has 0 fully saturated rings. The van der Waals surface area contributed by atoms with Crippen LogP contribution in [0.4, 0.5) is 23.2 Å². The van der Waals surface area contributed by atoms with Crippen molar-refractivity contribution >= 4 is 5.69 Å². The first-order valence-corrected chi connectivity index (χ1v) is 4.01. The summed E-state index contributed by atoms with van der Waals surface area (Å²) < 4.78 is 50.1. The maximum atomic E-state index is 13.1. The van der Waals surface area contributed by atoms with E-state index in [1.807, 2.05) is 0 Å². The Morgan fingerprint density at radius 2 is 1.94 bits per heavy atom. The molecule has 1 aromatic rings. The first-order valence-electron chi connectivity index (χ1n) is 4.01. The lowest BCUT2D eigenvalue weighted by Crippen LogP contribution is -2.13. The summed E-state index contributed by atoms with van der Waals surface area (Å²) in [5.41, 5.74) is 1.80. The Kier molecular flexibility index (Phi) is 3.13. The lowest BCUT2D eigenvalue weighted by atomic mass is 10.1. The molecule has 0 heterocycles. The number of nitrogens with two attached hydrogens (primary N) is 1. The number of rotatable bonds is 2. The topological polar surface area (TPSA) is 69.2 Å². The molecule has 1 aromatic carbocycles. The zero-order valence-electron chi connectivity index (χ0n) is 7.71. The number of benzene rings is 1. The summed E-state index contributed by atoms with van der Waals surface area (Å²) in [7, 11) is 0. The molecule has 2 N–H and O–H groups in total. The molecule has 0 aliphatic rings. The van der Waals surface area contributed by atoms with E-state index < -0.39 is 28.2 Å². The van der Waals surface area contributed by atoms with Gasteiger partial charge in [0.15, 0.2) is 5.56 Å². The Morgan fingerprint density at radius 3 is 2.31 bits per heavy atom. The van der Waals surface area contributed by atoms with Crippen LogP contribution in [0.5, 0.6) is 0 Å². The van der Waals surface area contributed by atoms with Gasteiger partial charge in [0.25, 0.3) is 5.69 Å². The molecule has 4 nitrogen and oxygen atoms in total. The molecular formula is C8H6F4N2O2. The molecule has 0 saturated carbocycles. The van der Waals surface area contributed by atoms with Crippen LogP contribution in [-0.4, -0.2) is 4.92 Å². The summed E-state index contributed by atoms with van der Waals surface area (Å²) in [6.07, 6.45) is -5.11. The van der Waals surface area contributed by atoms with Crippen molar-refractivity contribution in [2.24, 2.45) is 5.73 Å². The second-order valence-electron chi connectivity index (χ2n) is 2.93. The Hall–Kier alpha value is -1.70. The fourth-order valence-corrected chi connectivity index (χ4v) is 1.19.